The van der Waals surface area contributed by atoms with E-state index >= 15 is 0 Å². The fraction of sp³-hybridized carbons (Fsp3) is 0.478. The van der Waals surface area contributed by atoms with Crippen molar-refractivity contribution in [2.75, 3.05) is 51.3 Å². The molecule has 156 valence electrons. The fourth-order valence-electron chi connectivity index (χ4n) is 4.88. The first-order valence-electron chi connectivity index (χ1n) is 10.7. The van der Waals surface area contributed by atoms with Gasteiger partial charge in [-0.3, -0.25) is 9.97 Å². The van der Waals surface area contributed by atoms with Gasteiger partial charge in [-0.05, 0) is 49.4 Å². The Morgan fingerprint density at radius 2 is 1.73 bits per heavy atom. The number of aromatic nitrogens is 4. The molecule has 0 aromatic carbocycles. The number of likely N-dealkylation sites (tertiary alicyclic amines) is 1. The van der Waals surface area contributed by atoms with Gasteiger partial charge in [0.25, 0.3) is 0 Å². The Hall–Kier alpha value is -2.64. The molecule has 0 unspecified atom stereocenters. The number of methoxy groups -OCH3 is 1. The first kappa shape index (κ1) is 19.3. The van der Waals surface area contributed by atoms with Crippen LogP contribution in [0.5, 0.6) is 0 Å². The maximum absolute atomic E-state index is 5.27. The predicted molar refractivity (Wildman–Crippen MR) is 117 cm³/mol. The number of piperidine rings is 1. The van der Waals surface area contributed by atoms with Crippen molar-refractivity contribution in [1.29, 1.82) is 0 Å². The molecular formula is C23H28N6O. The third kappa shape index (κ3) is 3.75. The van der Waals surface area contributed by atoms with Crippen LogP contribution in [0.15, 0.2) is 43.0 Å². The number of hydrogen-bond acceptors (Lipinski definition) is 7. The van der Waals surface area contributed by atoms with Crippen molar-refractivity contribution < 1.29 is 4.74 Å². The third-order valence-electron chi connectivity index (χ3n) is 6.67. The van der Waals surface area contributed by atoms with Crippen LogP contribution in [0.25, 0.3) is 22.3 Å². The Balaban J connectivity index is 1.39. The summed E-state index contributed by atoms with van der Waals surface area (Å²) in [7, 11) is 1.78. The minimum atomic E-state index is 0.447. The molecule has 7 heteroatoms. The number of ether oxygens (including phenoxy) is 1. The van der Waals surface area contributed by atoms with E-state index < -0.39 is 0 Å². The van der Waals surface area contributed by atoms with Crippen molar-refractivity contribution in [1.82, 2.24) is 24.8 Å². The van der Waals surface area contributed by atoms with Crippen molar-refractivity contribution in [3.8, 4) is 11.4 Å². The Morgan fingerprint density at radius 3 is 2.53 bits per heavy atom. The van der Waals surface area contributed by atoms with Gasteiger partial charge < -0.3 is 14.5 Å². The molecule has 30 heavy (non-hydrogen) atoms. The van der Waals surface area contributed by atoms with Gasteiger partial charge >= 0.3 is 0 Å². The zero-order chi connectivity index (χ0) is 20.4. The highest BCUT2D eigenvalue weighted by atomic mass is 16.5. The second-order valence-electron chi connectivity index (χ2n) is 8.51. The average molecular weight is 405 g/mol. The van der Waals surface area contributed by atoms with E-state index in [2.05, 4.69) is 19.8 Å². The number of fused-ring (bicyclic) bond motifs is 1. The van der Waals surface area contributed by atoms with Gasteiger partial charge in [-0.1, -0.05) is 0 Å². The quantitative estimate of drug-likeness (QED) is 0.647. The molecule has 5 heterocycles. The van der Waals surface area contributed by atoms with E-state index in [4.69, 9.17) is 14.7 Å². The van der Waals surface area contributed by atoms with E-state index in [1.165, 1.54) is 32.4 Å². The largest absolute Gasteiger partial charge is 0.383 e. The zero-order valence-electron chi connectivity index (χ0n) is 17.5. The summed E-state index contributed by atoms with van der Waals surface area (Å²) in [6, 6.07) is 5.95. The van der Waals surface area contributed by atoms with E-state index in [-0.39, 0.29) is 0 Å². The SMILES string of the molecule is COCCN1CCC2(CCN(c3nc(-c4ccncc4)nc4cnccc34)CC2)C1. The number of pyridine rings is 2. The van der Waals surface area contributed by atoms with Gasteiger partial charge in [0.1, 0.15) is 5.82 Å². The molecule has 5 rings (SSSR count). The molecule has 2 saturated heterocycles. The molecule has 0 N–H and O–H groups in total. The van der Waals surface area contributed by atoms with Crippen LogP contribution in [0, 0.1) is 5.41 Å². The summed E-state index contributed by atoms with van der Waals surface area (Å²) < 4.78 is 5.27. The summed E-state index contributed by atoms with van der Waals surface area (Å²) in [5.74, 6) is 1.76. The van der Waals surface area contributed by atoms with Gasteiger partial charge in [0.05, 0.1) is 18.3 Å². The van der Waals surface area contributed by atoms with E-state index in [0.717, 1.165) is 54.3 Å². The number of hydrogen-bond donors (Lipinski definition) is 0. The highest BCUT2D eigenvalue weighted by molar-refractivity contribution is 5.90. The molecular weight excluding hydrogens is 376 g/mol. The lowest BCUT2D eigenvalue weighted by molar-refractivity contribution is 0.146. The summed E-state index contributed by atoms with van der Waals surface area (Å²) in [6.45, 7) is 6.31. The lowest BCUT2D eigenvalue weighted by Gasteiger charge is -2.40. The summed E-state index contributed by atoms with van der Waals surface area (Å²) in [5, 5.41) is 1.08. The lowest BCUT2D eigenvalue weighted by atomic mass is 9.78. The summed E-state index contributed by atoms with van der Waals surface area (Å²) in [5.41, 5.74) is 2.32. The molecule has 0 radical (unpaired) electrons. The van der Waals surface area contributed by atoms with Gasteiger partial charge in [-0.25, -0.2) is 9.97 Å². The van der Waals surface area contributed by atoms with E-state index in [1.54, 1.807) is 19.5 Å². The molecule has 3 aromatic heterocycles. The minimum absolute atomic E-state index is 0.447. The molecule has 0 aliphatic carbocycles. The maximum atomic E-state index is 5.27. The van der Waals surface area contributed by atoms with Crippen LogP contribution in [0.3, 0.4) is 0 Å². The van der Waals surface area contributed by atoms with Crippen molar-refractivity contribution in [3.63, 3.8) is 0 Å². The first-order valence-corrected chi connectivity index (χ1v) is 10.7. The van der Waals surface area contributed by atoms with E-state index in [1.807, 2.05) is 30.6 Å². The van der Waals surface area contributed by atoms with Crippen molar-refractivity contribution >= 4 is 16.7 Å². The third-order valence-corrected chi connectivity index (χ3v) is 6.67. The van der Waals surface area contributed by atoms with Gasteiger partial charge in [0, 0.05) is 62.8 Å². The Labute approximate surface area is 177 Å². The van der Waals surface area contributed by atoms with E-state index in [9.17, 15) is 0 Å². The number of anilines is 1. The van der Waals surface area contributed by atoms with Crippen molar-refractivity contribution in [2.24, 2.45) is 5.41 Å². The van der Waals surface area contributed by atoms with Gasteiger partial charge in [0.2, 0.25) is 0 Å². The Bertz CT molecular complexity index is 1000. The molecule has 2 aliphatic heterocycles. The number of nitrogens with zero attached hydrogens (tertiary/aromatic N) is 6. The second-order valence-corrected chi connectivity index (χ2v) is 8.51. The van der Waals surface area contributed by atoms with Crippen LogP contribution in [0.2, 0.25) is 0 Å². The number of rotatable bonds is 5. The van der Waals surface area contributed by atoms with Crippen LogP contribution < -0.4 is 4.90 Å². The molecule has 2 aliphatic rings. The highest BCUT2D eigenvalue weighted by Crippen LogP contribution is 2.41. The normalized spacial score (nSPS) is 19.0. The molecule has 1 spiro atoms. The molecule has 0 saturated carbocycles. The molecule has 0 atom stereocenters. The minimum Gasteiger partial charge on any atom is -0.383 e. The monoisotopic (exact) mass is 404 g/mol. The smallest absolute Gasteiger partial charge is 0.162 e. The predicted octanol–water partition coefficient (Wildman–Crippen LogP) is 3.03. The lowest BCUT2D eigenvalue weighted by Crippen LogP contribution is -2.42. The molecule has 2 fully saturated rings. The van der Waals surface area contributed by atoms with Crippen LogP contribution in [-0.4, -0.2) is 71.3 Å². The van der Waals surface area contributed by atoms with Gasteiger partial charge in [0.15, 0.2) is 5.82 Å². The Morgan fingerprint density at radius 1 is 0.967 bits per heavy atom. The molecule has 3 aromatic rings. The molecule has 7 nitrogen and oxygen atoms in total. The van der Waals surface area contributed by atoms with E-state index in [0.29, 0.717) is 5.41 Å². The van der Waals surface area contributed by atoms with Crippen LogP contribution >= 0.6 is 0 Å². The van der Waals surface area contributed by atoms with Crippen molar-refractivity contribution in [2.45, 2.75) is 19.3 Å². The summed E-state index contributed by atoms with van der Waals surface area (Å²) >= 11 is 0. The highest BCUT2D eigenvalue weighted by Gasteiger charge is 2.40. The molecule has 0 bridgehead atoms. The second kappa shape index (κ2) is 8.24. The Kier molecular flexibility index (Phi) is 5.31. The average Bonchev–Trinajstić information content (AvgIpc) is 3.20. The fourth-order valence-corrected chi connectivity index (χ4v) is 4.88. The van der Waals surface area contributed by atoms with Crippen LogP contribution in [-0.2, 0) is 4.74 Å². The van der Waals surface area contributed by atoms with Gasteiger partial charge in [-0.2, -0.15) is 0 Å². The molecule has 0 amide bonds. The summed E-state index contributed by atoms with van der Waals surface area (Å²) in [4.78, 5) is 23.2. The zero-order valence-corrected chi connectivity index (χ0v) is 17.5. The van der Waals surface area contributed by atoms with Crippen LogP contribution in [0.1, 0.15) is 19.3 Å². The maximum Gasteiger partial charge on any atom is 0.162 e. The standard InChI is InChI=1S/C23H28N6O/c1-30-15-14-28-11-5-23(17-28)6-12-29(13-7-23)22-19-4-10-25-16-20(19)26-21(27-22)18-2-8-24-9-3-18/h2-4,8-10,16H,5-7,11-15,17H2,1H3. The van der Waals surface area contributed by atoms with Gasteiger partial charge in [-0.15, -0.1) is 0 Å². The summed E-state index contributed by atoms with van der Waals surface area (Å²) in [6.07, 6.45) is 10.9. The topological polar surface area (TPSA) is 67.3 Å². The van der Waals surface area contributed by atoms with Crippen LogP contribution in [0.4, 0.5) is 5.82 Å². The first-order chi connectivity index (χ1) is 14.8. The van der Waals surface area contributed by atoms with Crippen molar-refractivity contribution in [3.05, 3.63) is 43.0 Å².